The second-order valence-electron chi connectivity index (χ2n) is 5.75. The Morgan fingerprint density at radius 3 is 2.78 bits per heavy atom. The molecule has 1 aliphatic heterocycles. The number of aryl methyl sites for hydroxylation is 1. The lowest BCUT2D eigenvalue weighted by Crippen LogP contribution is -2.38. The van der Waals surface area contributed by atoms with E-state index < -0.39 is 0 Å². The van der Waals surface area contributed by atoms with Gasteiger partial charge in [-0.2, -0.15) is 0 Å². The van der Waals surface area contributed by atoms with Crippen molar-refractivity contribution in [1.82, 2.24) is 4.90 Å². The van der Waals surface area contributed by atoms with Gasteiger partial charge in [0.1, 0.15) is 11.5 Å². The third-order valence-electron chi connectivity index (χ3n) is 4.22. The van der Waals surface area contributed by atoms with Gasteiger partial charge in [0, 0.05) is 13.1 Å². The standard InChI is InChI=1S/C19H21NO3/c1-14-5-3-4-6-18(14)23-13-19(21)20-10-9-15-11-17(22-2)8-7-16(15)12-20/h3-8,11H,9-10,12-13H2,1-2H3. The highest BCUT2D eigenvalue weighted by Gasteiger charge is 2.21. The van der Waals surface area contributed by atoms with Gasteiger partial charge in [-0.3, -0.25) is 4.79 Å². The minimum Gasteiger partial charge on any atom is -0.497 e. The first-order valence-electron chi connectivity index (χ1n) is 7.79. The minimum absolute atomic E-state index is 0.0229. The maximum absolute atomic E-state index is 12.4. The smallest absolute Gasteiger partial charge is 0.260 e. The molecular formula is C19H21NO3. The van der Waals surface area contributed by atoms with Gasteiger partial charge in [-0.25, -0.2) is 0 Å². The van der Waals surface area contributed by atoms with Crippen molar-refractivity contribution in [2.45, 2.75) is 19.9 Å². The van der Waals surface area contributed by atoms with Crippen molar-refractivity contribution in [2.24, 2.45) is 0 Å². The van der Waals surface area contributed by atoms with Gasteiger partial charge in [0.2, 0.25) is 0 Å². The van der Waals surface area contributed by atoms with Crippen molar-refractivity contribution in [2.75, 3.05) is 20.3 Å². The van der Waals surface area contributed by atoms with E-state index in [1.165, 1.54) is 11.1 Å². The molecule has 1 heterocycles. The third kappa shape index (κ3) is 3.47. The van der Waals surface area contributed by atoms with Crippen LogP contribution in [0.25, 0.3) is 0 Å². The van der Waals surface area contributed by atoms with Gasteiger partial charge in [-0.05, 0) is 48.2 Å². The van der Waals surface area contributed by atoms with E-state index in [2.05, 4.69) is 6.07 Å². The Hall–Kier alpha value is -2.49. The number of ether oxygens (including phenoxy) is 2. The Bertz CT molecular complexity index is 712. The molecule has 0 saturated heterocycles. The normalized spacial score (nSPS) is 13.4. The maximum atomic E-state index is 12.4. The predicted octanol–water partition coefficient (Wildman–Crippen LogP) is 2.97. The van der Waals surface area contributed by atoms with Crippen LogP contribution >= 0.6 is 0 Å². The number of rotatable bonds is 4. The van der Waals surface area contributed by atoms with Crippen LogP contribution in [0.2, 0.25) is 0 Å². The highest BCUT2D eigenvalue weighted by molar-refractivity contribution is 5.78. The van der Waals surface area contributed by atoms with Crippen LogP contribution in [-0.4, -0.2) is 31.1 Å². The molecule has 0 spiro atoms. The largest absolute Gasteiger partial charge is 0.497 e. The van der Waals surface area contributed by atoms with Crippen LogP contribution in [-0.2, 0) is 17.8 Å². The van der Waals surface area contributed by atoms with Gasteiger partial charge in [0.15, 0.2) is 6.61 Å². The Labute approximate surface area is 136 Å². The number of fused-ring (bicyclic) bond motifs is 1. The average molecular weight is 311 g/mol. The van der Waals surface area contributed by atoms with Gasteiger partial charge in [0.05, 0.1) is 7.11 Å². The topological polar surface area (TPSA) is 38.8 Å². The molecule has 4 heteroatoms. The van der Waals surface area contributed by atoms with E-state index in [9.17, 15) is 4.79 Å². The van der Waals surface area contributed by atoms with Gasteiger partial charge < -0.3 is 14.4 Å². The fourth-order valence-corrected chi connectivity index (χ4v) is 2.82. The zero-order chi connectivity index (χ0) is 16.2. The lowest BCUT2D eigenvalue weighted by atomic mass is 9.99. The fraction of sp³-hybridized carbons (Fsp3) is 0.316. The summed E-state index contributed by atoms with van der Waals surface area (Å²) in [4.78, 5) is 14.2. The molecule has 0 fully saturated rings. The second-order valence-corrected chi connectivity index (χ2v) is 5.75. The third-order valence-corrected chi connectivity index (χ3v) is 4.22. The predicted molar refractivity (Wildman–Crippen MR) is 88.8 cm³/mol. The van der Waals surface area contributed by atoms with Crippen LogP contribution in [0.15, 0.2) is 42.5 Å². The molecule has 0 aliphatic carbocycles. The zero-order valence-electron chi connectivity index (χ0n) is 13.5. The number of carbonyl (C=O) groups excluding carboxylic acids is 1. The number of carbonyl (C=O) groups is 1. The van der Waals surface area contributed by atoms with E-state index in [-0.39, 0.29) is 12.5 Å². The molecule has 0 saturated carbocycles. The molecule has 0 radical (unpaired) electrons. The van der Waals surface area contributed by atoms with Gasteiger partial charge >= 0.3 is 0 Å². The fourth-order valence-electron chi connectivity index (χ4n) is 2.82. The minimum atomic E-state index is 0.0229. The molecule has 0 bridgehead atoms. The molecule has 0 N–H and O–H groups in total. The van der Waals surface area contributed by atoms with E-state index in [1.54, 1.807) is 7.11 Å². The quantitative estimate of drug-likeness (QED) is 0.871. The molecule has 2 aromatic rings. The van der Waals surface area contributed by atoms with E-state index in [0.717, 1.165) is 30.0 Å². The van der Waals surface area contributed by atoms with Crippen LogP contribution in [0.3, 0.4) is 0 Å². The number of amides is 1. The molecule has 1 amide bonds. The lowest BCUT2D eigenvalue weighted by molar-refractivity contribution is -0.134. The average Bonchev–Trinajstić information content (AvgIpc) is 2.59. The summed E-state index contributed by atoms with van der Waals surface area (Å²) in [6.07, 6.45) is 0.850. The van der Waals surface area contributed by atoms with Crippen molar-refractivity contribution in [1.29, 1.82) is 0 Å². The lowest BCUT2D eigenvalue weighted by Gasteiger charge is -2.29. The van der Waals surface area contributed by atoms with Crippen molar-refractivity contribution in [3.05, 3.63) is 59.2 Å². The second kappa shape index (κ2) is 6.73. The molecule has 3 rings (SSSR count). The van der Waals surface area contributed by atoms with Crippen LogP contribution < -0.4 is 9.47 Å². The Morgan fingerprint density at radius 1 is 1.17 bits per heavy atom. The number of para-hydroxylation sites is 1. The van der Waals surface area contributed by atoms with E-state index in [4.69, 9.17) is 9.47 Å². The first-order chi connectivity index (χ1) is 11.2. The molecule has 23 heavy (non-hydrogen) atoms. The summed E-state index contributed by atoms with van der Waals surface area (Å²) < 4.78 is 10.9. The monoisotopic (exact) mass is 311 g/mol. The summed E-state index contributed by atoms with van der Waals surface area (Å²) in [5, 5.41) is 0. The SMILES string of the molecule is COc1ccc2c(c1)CCN(C(=O)COc1ccccc1C)C2. The van der Waals surface area contributed by atoms with Gasteiger partial charge in [-0.15, -0.1) is 0 Å². The molecule has 0 unspecified atom stereocenters. The molecule has 0 aromatic heterocycles. The number of hydrogen-bond donors (Lipinski definition) is 0. The molecule has 4 nitrogen and oxygen atoms in total. The first kappa shape index (κ1) is 15.4. The Morgan fingerprint density at radius 2 is 2.00 bits per heavy atom. The number of nitrogens with zero attached hydrogens (tertiary/aromatic N) is 1. The summed E-state index contributed by atoms with van der Waals surface area (Å²) >= 11 is 0. The molecular weight excluding hydrogens is 290 g/mol. The van der Waals surface area contributed by atoms with Crippen LogP contribution in [0.1, 0.15) is 16.7 Å². The number of benzene rings is 2. The number of hydrogen-bond acceptors (Lipinski definition) is 3. The van der Waals surface area contributed by atoms with Crippen molar-refractivity contribution in [3.8, 4) is 11.5 Å². The van der Waals surface area contributed by atoms with Crippen LogP contribution in [0.4, 0.5) is 0 Å². The van der Waals surface area contributed by atoms with Crippen molar-refractivity contribution in [3.63, 3.8) is 0 Å². The maximum Gasteiger partial charge on any atom is 0.260 e. The Kier molecular flexibility index (Phi) is 4.51. The number of methoxy groups -OCH3 is 1. The van der Waals surface area contributed by atoms with Gasteiger partial charge in [-0.1, -0.05) is 24.3 Å². The highest BCUT2D eigenvalue weighted by Crippen LogP contribution is 2.24. The van der Waals surface area contributed by atoms with E-state index in [1.807, 2.05) is 48.2 Å². The van der Waals surface area contributed by atoms with Crippen LogP contribution in [0, 0.1) is 6.92 Å². The molecule has 1 aliphatic rings. The van der Waals surface area contributed by atoms with E-state index >= 15 is 0 Å². The zero-order valence-corrected chi connectivity index (χ0v) is 13.5. The Balaban J connectivity index is 1.62. The summed E-state index contributed by atoms with van der Waals surface area (Å²) in [7, 11) is 1.67. The molecule has 2 aromatic carbocycles. The molecule has 120 valence electrons. The summed E-state index contributed by atoms with van der Waals surface area (Å²) in [5.41, 5.74) is 3.48. The van der Waals surface area contributed by atoms with E-state index in [0.29, 0.717) is 6.54 Å². The van der Waals surface area contributed by atoms with Crippen molar-refractivity contribution < 1.29 is 14.3 Å². The van der Waals surface area contributed by atoms with Gasteiger partial charge in [0.25, 0.3) is 5.91 Å². The summed E-state index contributed by atoms with van der Waals surface area (Å²) in [5.74, 6) is 1.66. The van der Waals surface area contributed by atoms with Crippen molar-refractivity contribution >= 4 is 5.91 Å². The highest BCUT2D eigenvalue weighted by atomic mass is 16.5. The molecule has 0 atom stereocenters. The van der Waals surface area contributed by atoms with Crippen LogP contribution in [0.5, 0.6) is 11.5 Å². The summed E-state index contributed by atoms with van der Waals surface area (Å²) in [6.45, 7) is 3.41. The first-order valence-corrected chi connectivity index (χ1v) is 7.79. The summed E-state index contributed by atoms with van der Waals surface area (Å²) in [6, 6.07) is 13.8.